The second kappa shape index (κ2) is 9.24. The van der Waals surface area contributed by atoms with Crippen molar-refractivity contribution in [3.8, 4) is 0 Å². The molecule has 2 aromatic rings. The van der Waals surface area contributed by atoms with Gasteiger partial charge in [0.15, 0.2) is 0 Å². The average molecular weight is 380 g/mol. The number of urea groups is 1. The van der Waals surface area contributed by atoms with Gasteiger partial charge in [-0.25, -0.2) is 4.79 Å². The Morgan fingerprint density at radius 1 is 1.07 bits per heavy atom. The first kappa shape index (κ1) is 20.4. The molecule has 1 saturated heterocycles. The number of benzene rings is 2. The maximum atomic E-state index is 12.3. The molecule has 150 valence electrons. The van der Waals surface area contributed by atoms with Crippen LogP contribution in [0.1, 0.15) is 47.6 Å². The van der Waals surface area contributed by atoms with Crippen LogP contribution in [-0.2, 0) is 13.1 Å². The van der Waals surface area contributed by atoms with Crippen molar-refractivity contribution in [1.82, 2.24) is 10.2 Å². The molecule has 0 bridgehead atoms. The molecule has 0 aliphatic carbocycles. The van der Waals surface area contributed by atoms with E-state index in [1.54, 1.807) is 0 Å². The number of likely N-dealkylation sites (tertiary alicyclic amines) is 1. The van der Waals surface area contributed by atoms with Crippen LogP contribution in [0, 0.1) is 26.7 Å². The normalized spacial score (nSPS) is 17.4. The number of nitrogens with one attached hydrogen (secondary N) is 2. The molecule has 28 heavy (non-hydrogen) atoms. The lowest BCUT2D eigenvalue weighted by atomic mass is 9.99. The molecule has 0 spiro atoms. The molecule has 2 aromatic carbocycles. The summed E-state index contributed by atoms with van der Waals surface area (Å²) in [6, 6.07) is 12.6. The third-order valence-corrected chi connectivity index (χ3v) is 5.54. The van der Waals surface area contributed by atoms with E-state index in [1.165, 1.54) is 37.1 Å². The topological polar surface area (TPSA) is 44.4 Å². The average Bonchev–Trinajstić information content (AvgIpc) is 2.64. The van der Waals surface area contributed by atoms with Crippen molar-refractivity contribution in [2.45, 2.75) is 53.6 Å². The minimum Gasteiger partial charge on any atom is -0.334 e. The highest BCUT2D eigenvalue weighted by molar-refractivity contribution is 5.91. The van der Waals surface area contributed by atoms with E-state index in [9.17, 15) is 4.79 Å². The molecule has 0 aromatic heterocycles. The first-order chi connectivity index (χ1) is 13.4. The number of amides is 2. The summed E-state index contributed by atoms with van der Waals surface area (Å²) >= 11 is 0. The molecular weight excluding hydrogens is 346 g/mol. The molecule has 0 radical (unpaired) electrons. The number of carbonyl (C=O) groups excluding carboxylic acids is 1. The summed E-state index contributed by atoms with van der Waals surface area (Å²) in [6.07, 6.45) is 2.66. The lowest BCUT2D eigenvalue weighted by Gasteiger charge is -2.30. The number of carbonyl (C=O) groups is 1. The second-order valence-electron chi connectivity index (χ2n) is 8.38. The summed E-state index contributed by atoms with van der Waals surface area (Å²) in [7, 11) is 0. The van der Waals surface area contributed by atoms with E-state index in [2.05, 4.69) is 65.8 Å². The van der Waals surface area contributed by atoms with E-state index in [4.69, 9.17) is 0 Å². The Hall–Kier alpha value is -2.33. The largest absolute Gasteiger partial charge is 0.334 e. The Labute approximate surface area is 169 Å². The predicted octanol–water partition coefficient (Wildman–Crippen LogP) is 5.17. The van der Waals surface area contributed by atoms with Crippen molar-refractivity contribution in [2.24, 2.45) is 5.92 Å². The van der Waals surface area contributed by atoms with Gasteiger partial charge in [-0.2, -0.15) is 0 Å². The minimum atomic E-state index is -0.165. The van der Waals surface area contributed by atoms with Crippen LogP contribution in [0.2, 0.25) is 0 Å². The summed E-state index contributed by atoms with van der Waals surface area (Å²) in [5.41, 5.74) is 6.74. The molecule has 2 N–H and O–H groups in total. The van der Waals surface area contributed by atoms with Gasteiger partial charge in [0.05, 0.1) is 0 Å². The predicted molar refractivity (Wildman–Crippen MR) is 117 cm³/mol. The van der Waals surface area contributed by atoms with Crippen LogP contribution in [-0.4, -0.2) is 24.0 Å². The standard InChI is InChI=1S/C24H33N3O/c1-17-6-5-11-27(15-17)16-22-9-7-21(8-10-22)14-25-24(28)26-23-19(3)12-18(2)13-20(23)4/h7-10,12-13,17H,5-6,11,14-16H2,1-4H3,(H2,25,26,28). The highest BCUT2D eigenvalue weighted by atomic mass is 16.2. The first-order valence-electron chi connectivity index (χ1n) is 10.3. The quantitative estimate of drug-likeness (QED) is 0.753. The van der Waals surface area contributed by atoms with Crippen molar-refractivity contribution >= 4 is 11.7 Å². The summed E-state index contributed by atoms with van der Waals surface area (Å²) in [5, 5.41) is 5.95. The number of rotatable bonds is 5. The second-order valence-corrected chi connectivity index (χ2v) is 8.38. The van der Waals surface area contributed by atoms with Crippen LogP contribution in [0.5, 0.6) is 0 Å². The van der Waals surface area contributed by atoms with Gasteiger partial charge in [0, 0.05) is 25.3 Å². The zero-order chi connectivity index (χ0) is 20.1. The van der Waals surface area contributed by atoms with E-state index >= 15 is 0 Å². The summed E-state index contributed by atoms with van der Waals surface area (Å²) in [4.78, 5) is 14.8. The van der Waals surface area contributed by atoms with Crippen LogP contribution in [0.4, 0.5) is 10.5 Å². The smallest absolute Gasteiger partial charge is 0.319 e. The molecule has 1 fully saturated rings. The van der Waals surface area contributed by atoms with Crippen LogP contribution < -0.4 is 10.6 Å². The van der Waals surface area contributed by atoms with Gasteiger partial charge in [0.1, 0.15) is 0 Å². The van der Waals surface area contributed by atoms with Gasteiger partial charge in [0.2, 0.25) is 0 Å². The van der Waals surface area contributed by atoms with Gasteiger partial charge in [-0.15, -0.1) is 0 Å². The molecule has 1 heterocycles. The van der Waals surface area contributed by atoms with E-state index in [-0.39, 0.29) is 6.03 Å². The molecule has 1 unspecified atom stereocenters. The molecule has 3 rings (SSSR count). The maximum absolute atomic E-state index is 12.3. The molecular formula is C24H33N3O. The van der Waals surface area contributed by atoms with Crippen molar-refractivity contribution in [1.29, 1.82) is 0 Å². The maximum Gasteiger partial charge on any atom is 0.319 e. The monoisotopic (exact) mass is 379 g/mol. The fraction of sp³-hybridized carbons (Fsp3) is 0.458. The molecule has 4 nitrogen and oxygen atoms in total. The Morgan fingerprint density at radius 3 is 2.36 bits per heavy atom. The third kappa shape index (κ3) is 5.59. The van der Waals surface area contributed by atoms with Gasteiger partial charge >= 0.3 is 6.03 Å². The Morgan fingerprint density at radius 2 is 1.71 bits per heavy atom. The van der Waals surface area contributed by atoms with E-state index in [0.717, 1.165) is 34.8 Å². The summed E-state index contributed by atoms with van der Waals surface area (Å²) < 4.78 is 0. The van der Waals surface area contributed by atoms with Crippen molar-refractivity contribution < 1.29 is 4.79 Å². The van der Waals surface area contributed by atoms with Crippen molar-refractivity contribution in [3.05, 3.63) is 64.2 Å². The Bertz CT molecular complexity index is 790. The fourth-order valence-electron chi connectivity index (χ4n) is 4.17. The van der Waals surface area contributed by atoms with Gasteiger partial charge in [-0.05, 0) is 68.3 Å². The number of anilines is 1. The van der Waals surface area contributed by atoms with E-state index in [0.29, 0.717) is 6.54 Å². The summed E-state index contributed by atoms with van der Waals surface area (Å²) in [5.74, 6) is 0.802. The van der Waals surface area contributed by atoms with Crippen LogP contribution in [0.15, 0.2) is 36.4 Å². The number of hydrogen-bond donors (Lipinski definition) is 2. The van der Waals surface area contributed by atoms with Gasteiger partial charge in [-0.1, -0.05) is 48.9 Å². The van der Waals surface area contributed by atoms with Gasteiger partial charge in [0.25, 0.3) is 0 Å². The molecule has 4 heteroatoms. The molecule has 0 saturated carbocycles. The first-order valence-corrected chi connectivity index (χ1v) is 10.3. The van der Waals surface area contributed by atoms with Crippen LogP contribution in [0.25, 0.3) is 0 Å². The SMILES string of the molecule is Cc1cc(C)c(NC(=O)NCc2ccc(CN3CCCC(C)C3)cc2)c(C)c1. The van der Waals surface area contributed by atoms with Gasteiger partial charge in [-0.3, -0.25) is 4.90 Å². The zero-order valence-corrected chi connectivity index (χ0v) is 17.6. The lowest BCUT2D eigenvalue weighted by Crippen LogP contribution is -2.33. The minimum absolute atomic E-state index is 0.165. The zero-order valence-electron chi connectivity index (χ0n) is 17.6. The van der Waals surface area contributed by atoms with E-state index in [1.807, 2.05) is 13.8 Å². The van der Waals surface area contributed by atoms with Crippen LogP contribution >= 0.6 is 0 Å². The fourth-order valence-corrected chi connectivity index (χ4v) is 4.17. The molecule has 2 amide bonds. The summed E-state index contributed by atoms with van der Waals surface area (Å²) in [6.45, 7) is 12.4. The van der Waals surface area contributed by atoms with E-state index < -0.39 is 0 Å². The molecule has 1 aliphatic rings. The van der Waals surface area contributed by atoms with Crippen molar-refractivity contribution in [2.75, 3.05) is 18.4 Å². The molecule has 1 atom stereocenters. The highest BCUT2D eigenvalue weighted by Crippen LogP contribution is 2.22. The molecule has 1 aliphatic heterocycles. The van der Waals surface area contributed by atoms with Gasteiger partial charge < -0.3 is 10.6 Å². The highest BCUT2D eigenvalue weighted by Gasteiger charge is 2.16. The van der Waals surface area contributed by atoms with Crippen molar-refractivity contribution in [3.63, 3.8) is 0 Å². The number of piperidine rings is 1. The number of nitrogens with zero attached hydrogens (tertiary/aromatic N) is 1. The third-order valence-electron chi connectivity index (χ3n) is 5.54. The Balaban J connectivity index is 1.50. The lowest BCUT2D eigenvalue weighted by molar-refractivity contribution is 0.176. The number of aryl methyl sites for hydroxylation is 3. The number of hydrogen-bond acceptors (Lipinski definition) is 2. The Kier molecular flexibility index (Phi) is 6.74. The van der Waals surface area contributed by atoms with Crippen LogP contribution in [0.3, 0.4) is 0 Å².